The van der Waals surface area contributed by atoms with E-state index in [1.165, 1.54) is 18.5 Å². The van der Waals surface area contributed by atoms with Crippen LogP contribution < -0.4 is 15.2 Å². The molecule has 1 heterocycles. The Morgan fingerprint density at radius 1 is 1.35 bits per heavy atom. The van der Waals surface area contributed by atoms with Crippen LogP contribution in [0.5, 0.6) is 17.5 Å². The summed E-state index contributed by atoms with van der Waals surface area (Å²) in [4.78, 5) is 7.72. The summed E-state index contributed by atoms with van der Waals surface area (Å²) in [7, 11) is 0. The number of aromatic nitrogens is 2. The van der Waals surface area contributed by atoms with E-state index in [0.717, 1.165) is 6.07 Å². The maximum Gasteiger partial charge on any atom is 0.249 e. The normalized spacial score (nSPS) is 9.85. The molecule has 0 aliphatic carbocycles. The lowest BCUT2D eigenvalue weighted by molar-refractivity contribution is 0.325. The van der Waals surface area contributed by atoms with Gasteiger partial charge in [0.2, 0.25) is 11.8 Å². The summed E-state index contributed by atoms with van der Waals surface area (Å²) in [5.74, 6) is -0.240. The minimum absolute atomic E-state index is 0.0626. The fraction of sp³-hybridized carbons (Fsp3) is 0.154. The van der Waals surface area contributed by atoms with Gasteiger partial charge >= 0.3 is 0 Å². The molecule has 0 aliphatic rings. The van der Waals surface area contributed by atoms with Gasteiger partial charge in [-0.15, -0.1) is 0 Å². The molecule has 6 nitrogen and oxygen atoms in total. The summed E-state index contributed by atoms with van der Waals surface area (Å²) in [6, 6.07) is 5.57. The van der Waals surface area contributed by atoms with Crippen LogP contribution in [0.25, 0.3) is 0 Å². The molecule has 0 atom stereocenters. The van der Waals surface area contributed by atoms with Gasteiger partial charge in [0, 0.05) is 6.07 Å². The predicted octanol–water partition coefficient (Wildman–Crippen LogP) is 2.26. The Labute approximate surface area is 114 Å². The fourth-order valence-electron chi connectivity index (χ4n) is 1.46. The van der Waals surface area contributed by atoms with E-state index in [2.05, 4.69) is 9.97 Å². The third kappa shape index (κ3) is 2.75. The molecule has 0 aliphatic heterocycles. The van der Waals surface area contributed by atoms with Crippen molar-refractivity contribution in [3.63, 3.8) is 0 Å². The Morgan fingerprint density at radius 3 is 2.75 bits per heavy atom. The van der Waals surface area contributed by atoms with Gasteiger partial charge in [-0.05, 0) is 19.1 Å². The van der Waals surface area contributed by atoms with Crippen LogP contribution in [-0.4, -0.2) is 16.6 Å². The van der Waals surface area contributed by atoms with E-state index < -0.39 is 5.82 Å². The van der Waals surface area contributed by atoms with Crippen LogP contribution in [0.3, 0.4) is 0 Å². The number of anilines is 1. The van der Waals surface area contributed by atoms with Crippen molar-refractivity contribution >= 4 is 5.69 Å². The van der Waals surface area contributed by atoms with Crippen molar-refractivity contribution in [3.05, 3.63) is 35.9 Å². The molecule has 20 heavy (non-hydrogen) atoms. The first-order chi connectivity index (χ1) is 9.65. The summed E-state index contributed by atoms with van der Waals surface area (Å²) in [6.07, 6.45) is 1.23. The zero-order valence-corrected chi connectivity index (χ0v) is 10.6. The van der Waals surface area contributed by atoms with E-state index >= 15 is 0 Å². The minimum atomic E-state index is -0.678. The minimum Gasteiger partial charge on any atom is -0.476 e. The smallest absolute Gasteiger partial charge is 0.249 e. The third-order valence-electron chi connectivity index (χ3n) is 2.37. The zero-order valence-electron chi connectivity index (χ0n) is 10.6. The molecule has 0 bridgehead atoms. The summed E-state index contributed by atoms with van der Waals surface area (Å²) >= 11 is 0. The van der Waals surface area contributed by atoms with Gasteiger partial charge < -0.3 is 15.2 Å². The van der Waals surface area contributed by atoms with Crippen molar-refractivity contribution in [2.75, 3.05) is 12.3 Å². The van der Waals surface area contributed by atoms with E-state index in [1.807, 2.05) is 0 Å². The standard InChI is InChI=1S/C13H11FN4O2/c1-2-19-12-11(16)13(18-7-17-12)20-9-4-3-8(6-15)10(14)5-9/h3-5,7H,2,16H2,1H3. The molecule has 0 saturated carbocycles. The number of rotatable bonds is 4. The summed E-state index contributed by atoms with van der Waals surface area (Å²) in [5.41, 5.74) is 5.85. The number of nitrogens with zero attached hydrogens (tertiary/aromatic N) is 3. The number of nitriles is 1. The predicted molar refractivity (Wildman–Crippen MR) is 68.8 cm³/mol. The molecule has 7 heteroatoms. The highest BCUT2D eigenvalue weighted by molar-refractivity contribution is 5.56. The average Bonchev–Trinajstić information content (AvgIpc) is 2.44. The molecule has 1 aromatic heterocycles. The first-order valence-corrected chi connectivity index (χ1v) is 5.76. The topological polar surface area (TPSA) is 94.0 Å². The molecule has 0 spiro atoms. The van der Waals surface area contributed by atoms with Crippen molar-refractivity contribution in [2.45, 2.75) is 6.92 Å². The van der Waals surface area contributed by atoms with Gasteiger partial charge in [0.05, 0.1) is 12.2 Å². The van der Waals surface area contributed by atoms with Crippen molar-refractivity contribution in [2.24, 2.45) is 0 Å². The number of ether oxygens (including phenoxy) is 2. The summed E-state index contributed by atoms with van der Waals surface area (Å²) in [6.45, 7) is 2.18. The zero-order chi connectivity index (χ0) is 14.5. The number of hydrogen-bond acceptors (Lipinski definition) is 6. The Kier molecular flexibility index (Phi) is 3.96. The van der Waals surface area contributed by atoms with E-state index in [0.29, 0.717) is 6.61 Å². The number of nitrogen functional groups attached to an aromatic ring is 1. The average molecular weight is 274 g/mol. The Hall–Kier alpha value is -2.88. The van der Waals surface area contributed by atoms with Crippen LogP contribution >= 0.6 is 0 Å². The number of halogens is 1. The molecule has 2 rings (SSSR count). The highest BCUT2D eigenvalue weighted by Gasteiger charge is 2.12. The molecule has 0 fully saturated rings. The SMILES string of the molecule is CCOc1ncnc(Oc2ccc(C#N)c(F)c2)c1N. The van der Waals surface area contributed by atoms with Gasteiger partial charge in [0.15, 0.2) is 5.69 Å². The molecule has 2 aromatic rings. The fourth-order valence-corrected chi connectivity index (χ4v) is 1.46. The molecule has 1 aromatic carbocycles. The molecule has 2 N–H and O–H groups in total. The molecular formula is C13H11FN4O2. The van der Waals surface area contributed by atoms with Crippen molar-refractivity contribution in [1.29, 1.82) is 5.26 Å². The quantitative estimate of drug-likeness (QED) is 0.918. The molecule has 102 valence electrons. The molecule has 0 amide bonds. The van der Waals surface area contributed by atoms with Crippen molar-refractivity contribution < 1.29 is 13.9 Å². The second-order valence-electron chi connectivity index (χ2n) is 3.69. The van der Waals surface area contributed by atoms with Gasteiger partial charge in [0.25, 0.3) is 0 Å². The Morgan fingerprint density at radius 2 is 2.10 bits per heavy atom. The third-order valence-corrected chi connectivity index (χ3v) is 2.37. The molecular weight excluding hydrogens is 263 g/mol. The van der Waals surface area contributed by atoms with Gasteiger partial charge in [-0.25, -0.2) is 4.39 Å². The number of benzene rings is 1. The van der Waals surface area contributed by atoms with E-state index in [1.54, 1.807) is 13.0 Å². The Bertz CT molecular complexity index is 670. The second-order valence-corrected chi connectivity index (χ2v) is 3.69. The van der Waals surface area contributed by atoms with Gasteiger partial charge in [-0.3, -0.25) is 0 Å². The van der Waals surface area contributed by atoms with Crippen LogP contribution in [0.2, 0.25) is 0 Å². The van der Waals surface area contributed by atoms with Crippen molar-refractivity contribution in [1.82, 2.24) is 9.97 Å². The highest BCUT2D eigenvalue weighted by atomic mass is 19.1. The van der Waals surface area contributed by atoms with Crippen LogP contribution in [-0.2, 0) is 0 Å². The number of nitrogens with two attached hydrogens (primary N) is 1. The first-order valence-electron chi connectivity index (χ1n) is 5.76. The van der Waals surface area contributed by atoms with E-state index in [4.69, 9.17) is 20.5 Å². The van der Waals surface area contributed by atoms with Crippen LogP contribution in [0.4, 0.5) is 10.1 Å². The van der Waals surface area contributed by atoms with E-state index in [-0.39, 0.29) is 28.8 Å². The monoisotopic (exact) mass is 274 g/mol. The number of hydrogen-bond donors (Lipinski definition) is 1. The largest absolute Gasteiger partial charge is 0.476 e. The van der Waals surface area contributed by atoms with Crippen LogP contribution in [0.15, 0.2) is 24.5 Å². The van der Waals surface area contributed by atoms with Gasteiger partial charge in [-0.2, -0.15) is 15.2 Å². The maximum atomic E-state index is 13.5. The van der Waals surface area contributed by atoms with Crippen LogP contribution in [0.1, 0.15) is 12.5 Å². The molecule has 0 saturated heterocycles. The van der Waals surface area contributed by atoms with Crippen LogP contribution in [0, 0.1) is 17.1 Å². The summed E-state index contributed by atoms with van der Waals surface area (Å²) in [5, 5.41) is 8.65. The van der Waals surface area contributed by atoms with Gasteiger partial charge in [-0.1, -0.05) is 0 Å². The summed E-state index contributed by atoms with van der Waals surface area (Å²) < 4.78 is 24.0. The van der Waals surface area contributed by atoms with E-state index in [9.17, 15) is 4.39 Å². The van der Waals surface area contributed by atoms with Crippen molar-refractivity contribution in [3.8, 4) is 23.6 Å². The highest BCUT2D eigenvalue weighted by Crippen LogP contribution is 2.31. The molecule has 0 unspecified atom stereocenters. The lowest BCUT2D eigenvalue weighted by Crippen LogP contribution is -2.03. The maximum absolute atomic E-state index is 13.5. The lowest BCUT2D eigenvalue weighted by atomic mass is 10.2. The lowest BCUT2D eigenvalue weighted by Gasteiger charge is -2.10. The Balaban J connectivity index is 2.28. The van der Waals surface area contributed by atoms with Gasteiger partial charge in [0.1, 0.15) is 24.0 Å². The first kappa shape index (κ1) is 13.5. The molecule has 0 radical (unpaired) electrons. The second kappa shape index (κ2) is 5.84.